The molecule has 8 heteroatoms. The number of halogens is 1. The molecule has 0 fully saturated rings. The van der Waals surface area contributed by atoms with Crippen LogP contribution in [0, 0.1) is 5.82 Å². The van der Waals surface area contributed by atoms with Gasteiger partial charge >= 0.3 is 0 Å². The molecule has 6 nitrogen and oxygen atoms in total. The van der Waals surface area contributed by atoms with Gasteiger partial charge in [0.2, 0.25) is 16.9 Å². The minimum absolute atomic E-state index is 0.0897. The lowest BCUT2D eigenvalue weighted by molar-refractivity contribution is -0.129. The number of nitrogens with zero attached hydrogens (tertiary/aromatic N) is 3. The SMILES string of the molecule is CC(=O)N1C=Cc2ccccc2C1CC(=O)Nc1nc(-c2ccc(F)cc2)ns1. The Hall–Kier alpha value is -3.39. The molecule has 1 unspecified atom stereocenters. The Labute approximate surface area is 170 Å². The lowest BCUT2D eigenvalue weighted by Crippen LogP contribution is -2.33. The van der Waals surface area contributed by atoms with E-state index in [1.54, 1.807) is 23.2 Å². The Morgan fingerprint density at radius 3 is 2.69 bits per heavy atom. The van der Waals surface area contributed by atoms with E-state index < -0.39 is 6.04 Å². The van der Waals surface area contributed by atoms with Gasteiger partial charge in [0.1, 0.15) is 5.82 Å². The summed E-state index contributed by atoms with van der Waals surface area (Å²) in [4.78, 5) is 30.6. The van der Waals surface area contributed by atoms with E-state index in [9.17, 15) is 14.0 Å². The van der Waals surface area contributed by atoms with E-state index in [4.69, 9.17) is 0 Å². The number of hydrogen-bond donors (Lipinski definition) is 1. The Morgan fingerprint density at radius 1 is 1.17 bits per heavy atom. The summed E-state index contributed by atoms with van der Waals surface area (Å²) in [5.74, 6) is -0.327. The minimum Gasteiger partial charge on any atom is -0.311 e. The lowest BCUT2D eigenvalue weighted by atomic mass is 9.93. The van der Waals surface area contributed by atoms with Gasteiger partial charge in [0, 0.05) is 30.2 Å². The first-order valence-corrected chi connectivity index (χ1v) is 9.74. The second-order valence-electron chi connectivity index (χ2n) is 6.57. The summed E-state index contributed by atoms with van der Waals surface area (Å²) < 4.78 is 17.3. The molecule has 1 aliphatic heterocycles. The maximum absolute atomic E-state index is 13.1. The highest BCUT2D eigenvalue weighted by molar-refractivity contribution is 7.10. The van der Waals surface area contributed by atoms with Crippen molar-refractivity contribution in [1.29, 1.82) is 0 Å². The number of anilines is 1. The zero-order valence-electron chi connectivity index (χ0n) is 15.5. The largest absolute Gasteiger partial charge is 0.311 e. The fraction of sp³-hybridized carbons (Fsp3) is 0.143. The maximum Gasteiger partial charge on any atom is 0.228 e. The van der Waals surface area contributed by atoms with E-state index in [1.807, 2.05) is 30.3 Å². The molecule has 1 aliphatic rings. The molecule has 0 saturated heterocycles. The molecule has 2 heterocycles. The number of nitrogens with one attached hydrogen (secondary N) is 1. The zero-order chi connectivity index (χ0) is 20.4. The Morgan fingerprint density at radius 2 is 1.93 bits per heavy atom. The topological polar surface area (TPSA) is 75.2 Å². The number of hydrogen-bond acceptors (Lipinski definition) is 5. The fourth-order valence-corrected chi connectivity index (χ4v) is 3.86. The summed E-state index contributed by atoms with van der Waals surface area (Å²) in [5.41, 5.74) is 2.57. The molecule has 3 aromatic rings. The molecular weight excluding hydrogens is 391 g/mol. The van der Waals surface area contributed by atoms with Crippen LogP contribution >= 0.6 is 11.5 Å². The van der Waals surface area contributed by atoms with Crippen molar-refractivity contribution in [1.82, 2.24) is 14.3 Å². The normalized spacial score (nSPS) is 15.1. The summed E-state index contributed by atoms with van der Waals surface area (Å²) in [7, 11) is 0. The average Bonchev–Trinajstić information content (AvgIpc) is 3.16. The molecule has 0 bridgehead atoms. The van der Waals surface area contributed by atoms with Gasteiger partial charge < -0.3 is 10.2 Å². The van der Waals surface area contributed by atoms with Gasteiger partial charge in [-0.15, -0.1) is 0 Å². The summed E-state index contributed by atoms with van der Waals surface area (Å²) in [6.07, 6.45) is 3.66. The van der Waals surface area contributed by atoms with E-state index in [0.717, 1.165) is 22.7 Å². The van der Waals surface area contributed by atoms with Gasteiger partial charge in [-0.25, -0.2) is 4.39 Å². The van der Waals surface area contributed by atoms with E-state index in [-0.39, 0.29) is 24.1 Å². The van der Waals surface area contributed by atoms with Gasteiger partial charge in [-0.2, -0.15) is 9.36 Å². The van der Waals surface area contributed by atoms with Gasteiger partial charge in [-0.3, -0.25) is 9.59 Å². The Bertz CT molecular complexity index is 1090. The summed E-state index contributed by atoms with van der Waals surface area (Å²) in [6, 6.07) is 13.1. The summed E-state index contributed by atoms with van der Waals surface area (Å²) >= 11 is 1.05. The van der Waals surface area contributed by atoms with Crippen LogP contribution in [0.3, 0.4) is 0 Å². The summed E-state index contributed by atoms with van der Waals surface area (Å²) in [6.45, 7) is 1.48. The molecule has 29 heavy (non-hydrogen) atoms. The molecule has 1 N–H and O–H groups in total. The second kappa shape index (κ2) is 7.92. The quantitative estimate of drug-likeness (QED) is 0.700. The molecule has 0 saturated carbocycles. The number of rotatable bonds is 4. The average molecular weight is 408 g/mol. The van der Waals surface area contributed by atoms with Gasteiger partial charge in [0.25, 0.3) is 0 Å². The zero-order valence-corrected chi connectivity index (χ0v) is 16.3. The van der Waals surface area contributed by atoms with Crippen molar-refractivity contribution in [3.05, 3.63) is 71.7 Å². The molecule has 2 aromatic carbocycles. The van der Waals surface area contributed by atoms with E-state index >= 15 is 0 Å². The molecule has 1 atom stereocenters. The van der Waals surface area contributed by atoms with Gasteiger partial charge in [0.05, 0.1) is 12.5 Å². The molecule has 0 spiro atoms. The van der Waals surface area contributed by atoms with Crippen molar-refractivity contribution in [2.24, 2.45) is 0 Å². The van der Waals surface area contributed by atoms with Crippen LogP contribution in [0.4, 0.5) is 9.52 Å². The number of aromatic nitrogens is 2. The van der Waals surface area contributed by atoms with Crippen LogP contribution in [0.1, 0.15) is 30.5 Å². The molecule has 0 radical (unpaired) electrons. The van der Waals surface area contributed by atoms with E-state index in [2.05, 4.69) is 14.7 Å². The van der Waals surface area contributed by atoms with E-state index in [1.165, 1.54) is 19.1 Å². The molecule has 2 amide bonds. The monoisotopic (exact) mass is 408 g/mol. The molecule has 0 aliphatic carbocycles. The lowest BCUT2D eigenvalue weighted by Gasteiger charge is -2.32. The van der Waals surface area contributed by atoms with Crippen molar-refractivity contribution in [2.75, 3.05) is 5.32 Å². The fourth-order valence-electron chi connectivity index (χ4n) is 3.25. The van der Waals surface area contributed by atoms with Crippen molar-refractivity contribution < 1.29 is 14.0 Å². The van der Waals surface area contributed by atoms with E-state index in [0.29, 0.717) is 16.5 Å². The first-order chi connectivity index (χ1) is 14.0. The van der Waals surface area contributed by atoms with Gasteiger partial charge in [0.15, 0.2) is 5.82 Å². The molecular formula is C21H17FN4O2S. The Balaban J connectivity index is 1.50. The third-order valence-corrected chi connectivity index (χ3v) is 5.25. The molecule has 146 valence electrons. The Kier molecular flexibility index (Phi) is 5.18. The minimum atomic E-state index is -0.391. The number of fused-ring (bicyclic) bond motifs is 1. The first kappa shape index (κ1) is 18.9. The van der Waals surface area contributed by atoms with Crippen LogP contribution in [0.2, 0.25) is 0 Å². The molecule has 1 aromatic heterocycles. The van der Waals surface area contributed by atoms with Crippen LogP contribution in [0.25, 0.3) is 17.5 Å². The number of benzene rings is 2. The van der Waals surface area contributed by atoms with Crippen molar-refractivity contribution in [3.8, 4) is 11.4 Å². The standard InChI is InChI=1S/C21H17FN4O2S/c1-13(27)26-11-10-14-4-2-3-5-17(14)18(26)12-19(28)23-21-24-20(25-29-21)15-6-8-16(22)9-7-15/h2-11,18H,12H2,1H3,(H,23,24,25,28). The predicted octanol–water partition coefficient (Wildman–Crippen LogP) is 4.25. The van der Waals surface area contributed by atoms with Crippen LogP contribution in [0.5, 0.6) is 0 Å². The predicted molar refractivity (Wildman–Crippen MR) is 109 cm³/mol. The third-order valence-electron chi connectivity index (χ3n) is 4.62. The third kappa shape index (κ3) is 4.07. The first-order valence-electron chi connectivity index (χ1n) is 8.97. The highest BCUT2D eigenvalue weighted by Crippen LogP contribution is 2.33. The van der Waals surface area contributed by atoms with Gasteiger partial charge in [-0.05, 0) is 41.5 Å². The van der Waals surface area contributed by atoms with Crippen LogP contribution < -0.4 is 5.32 Å². The highest BCUT2D eigenvalue weighted by Gasteiger charge is 2.28. The maximum atomic E-state index is 13.1. The second-order valence-corrected chi connectivity index (χ2v) is 7.32. The van der Waals surface area contributed by atoms with Gasteiger partial charge in [-0.1, -0.05) is 24.3 Å². The van der Waals surface area contributed by atoms with Crippen molar-refractivity contribution >= 4 is 34.6 Å². The number of amides is 2. The van der Waals surface area contributed by atoms with Crippen LogP contribution in [-0.2, 0) is 9.59 Å². The number of carbonyl (C=O) groups excluding carboxylic acids is 2. The molecule has 4 rings (SSSR count). The highest BCUT2D eigenvalue weighted by atomic mass is 32.1. The summed E-state index contributed by atoms with van der Waals surface area (Å²) in [5, 5.41) is 3.10. The van der Waals surface area contributed by atoms with Crippen LogP contribution in [-0.4, -0.2) is 26.1 Å². The van der Waals surface area contributed by atoms with Crippen molar-refractivity contribution in [3.63, 3.8) is 0 Å². The van der Waals surface area contributed by atoms with Crippen LogP contribution in [0.15, 0.2) is 54.7 Å². The number of carbonyl (C=O) groups is 2. The smallest absolute Gasteiger partial charge is 0.228 e. The van der Waals surface area contributed by atoms with Crippen molar-refractivity contribution in [2.45, 2.75) is 19.4 Å².